The summed E-state index contributed by atoms with van der Waals surface area (Å²) in [6, 6.07) is 14.0. The quantitative estimate of drug-likeness (QED) is 0.858. The van der Waals surface area contributed by atoms with Crippen molar-refractivity contribution in [1.29, 1.82) is 0 Å². The molecule has 0 aliphatic heterocycles. The highest BCUT2D eigenvalue weighted by molar-refractivity contribution is 6.31. The van der Waals surface area contributed by atoms with E-state index in [4.69, 9.17) is 21.1 Å². The lowest BCUT2D eigenvalue weighted by molar-refractivity contribution is 0.409. The standard InChI is InChI=1S/C17H18ClNO2/c1-20-14-3-2-4-15(9-14)21-16-8-5-12(17(18)10-16)11-19-13-6-7-13/h2-5,8-10,13,19H,6-7,11H2,1H3. The van der Waals surface area contributed by atoms with Gasteiger partial charge in [0.15, 0.2) is 0 Å². The lowest BCUT2D eigenvalue weighted by atomic mass is 10.2. The topological polar surface area (TPSA) is 30.5 Å². The van der Waals surface area contributed by atoms with E-state index in [1.807, 2.05) is 42.5 Å². The second-order valence-electron chi connectivity index (χ2n) is 5.19. The van der Waals surface area contributed by atoms with Crippen LogP contribution in [0.2, 0.25) is 5.02 Å². The fourth-order valence-corrected chi connectivity index (χ4v) is 2.31. The van der Waals surface area contributed by atoms with Crippen molar-refractivity contribution in [2.45, 2.75) is 25.4 Å². The molecule has 1 aliphatic carbocycles. The van der Waals surface area contributed by atoms with Gasteiger partial charge in [-0.1, -0.05) is 23.7 Å². The third kappa shape index (κ3) is 3.90. The van der Waals surface area contributed by atoms with Gasteiger partial charge in [-0.25, -0.2) is 0 Å². The molecule has 2 aromatic rings. The predicted molar refractivity (Wildman–Crippen MR) is 84.4 cm³/mol. The molecular weight excluding hydrogens is 286 g/mol. The third-order valence-electron chi connectivity index (χ3n) is 3.46. The van der Waals surface area contributed by atoms with E-state index in [-0.39, 0.29) is 0 Å². The van der Waals surface area contributed by atoms with Crippen molar-refractivity contribution in [1.82, 2.24) is 5.32 Å². The smallest absolute Gasteiger partial charge is 0.131 e. The van der Waals surface area contributed by atoms with E-state index in [0.29, 0.717) is 6.04 Å². The van der Waals surface area contributed by atoms with E-state index < -0.39 is 0 Å². The molecule has 2 aromatic carbocycles. The van der Waals surface area contributed by atoms with Gasteiger partial charge in [0.2, 0.25) is 0 Å². The highest BCUT2D eigenvalue weighted by atomic mass is 35.5. The highest BCUT2D eigenvalue weighted by Crippen LogP contribution is 2.29. The number of rotatable bonds is 6. The first-order valence-corrected chi connectivity index (χ1v) is 7.46. The molecule has 3 nitrogen and oxygen atoms in total. The lowest BCUT2D eigenvalue weighted by Crippen LogP contribution is -2.15. The van der Waals surface area contributed by atoms with E-state index in [2.05, 4.69) is 5.32 Å². The Labute approximate surface area is 129 Å². The summed E-state index contributed by atoms with van der Waals surface area (Å²) < 4.78 is 11.0. The van der Waals surface area contributed by atoms with Gasteiger partial charge in [0.25, 0.3) is 0 Å². The monoisotopic (exact) mass is 303 g/mol. The first-order chi connectivity index (χ1) is 10.2. The van der Waals surface area contributed by atoms with E-state index in [1.54, 1.807) is 7.11 Å². The third-order valence-corrected chi connectivity index (χ3v) is 3.81. The minimum absolute atomic E-state index is 0.675. The average Bonchev–Trinajstić information content (AvgIpc) is 3.31. The summed E-state index contributed by atoms with van der Waals surface area (Å²) in [5.74, 6) is 2.22. The van der Waals surface area contributed by atoms with Gasteiger partial charge in [-0.05, 0) is 42.7 Å². The molecule has 1 N–H and O–H groups in total. The van der Waals surface area contributed by atoms with Gasteiger partial charge in [-0.15, -0.1) is 0 Å². The second kappa shape index (κ2) is 6.37. The molecule has 0 radical (unpaired) electrons. The summed E-state index contributed by atoms with van der Waals surface area (Å²) in [4.78, 5) is 0. The minimum atomic E-state index is 0.675. The Morgan fingerprint density at radius 2 is 1.86 bits per heavy atom. The van der Waals surface area contributed by atoms with Crippen LogP contribution in [-0.2, 0) is 6.54 Å². The molecule has 3 rings (SSSR count). The van der Waals surface area contributed by atoms with Crippen LogP contribution in [0.25, 0.3) is 0 Å². The normalized spacial score (nSPS) is 14.0. The summed E-state index contributed by atoms with van der Waals surface area (Å²) in [5, 5.41) is 4.18. The van der Waals surface area contributed by atoms with E-state index in [9.17, 15) is 0 Å². The Kier molecular flexibility index (Phi) is 4.32. The molecule has 0 heterocycles. The van der Waals surface area contributed by atoms with Crippen molar-refractivity contribution in [3.8, 4) is 17.2 Å². The fourth-order valence-electron chi connectivity index (χ4n) is 2.08. The van der Waals surface area contributed by atoms with Gasteiger partial charge in [-0.3, -0.25) is 0 Å². The average molecular weight is 304 g/mol. The fraction of sp³-hybridized carbons (Fsp3) is 0.294. The molecule has 0 saturated heterocycles. The maximum absolute atomic E-state index is 6.31. The van der Waals surface area contributed by atoms with Crippen LogP contribution >= 0.6 is 11.6 Å². The van der Waals surface area contributed by atoms with Crippen LogP contribution in [0.5, 0.6) is 17.2 Å². The molecule has 21 heavy (non-hydrogen) atoms. The van der Waals surface area contributed by atoms with Gasteiger partial charge in [0.05, 0.1) is 7.11 Å². The van der Waals surface area contributed by atoms with Crippen molar-refractivity contribution in [2.75, 3.05) is 7.11 Å². The van der Waals surface area contributed by atoms with E-state index in [0.717, 1.165) is 34.4 Å². The SMILES string of the molecule is COc1cccc(Oc2ccc(CNC3CC3)c(Cl)c2)c1. The molecule has 0 amide bonds. The van der Waals surface area contributed by atoms with Crippen LogP contribution in [0, 0.1) is 0 Å². The molecule has 0 aromatic heterocycles. The zero-order valence-corrected chi connectivity index (χ0v) is 12.7. The van der Waals surface area contributed by atoms with Crippen LogP contribution in [-0.4, -0.2) is 13.2 Å². The Bertz CT molecular complexity index is 626. The molecule has 1 aliphatic rings. The Balaban J connectivity index is 1.68. The van der Waals surface area contributed by atoms with Crippen molar-refractivity contribution >= 4 is 11.6 Å². The zero-order valence-electron chi connectivity index (χ0n) is 11.9. The summed E-state index contributed by atoms with van der Waals surface area (Å²) in [6.07, 6.45) is 2.54. The van der Waals surface area contributed by atoms with E-state index >= 15 is 0 Å². The van der Waals surface area contributed by atoms with Crippen LogP contribution in [0.15, 0.2) is 42.5 Å². The van der Waals surface area contributed by atoms with Gasteiger partial charge in [-0.2, -0.15) is 0 Å². The number of benzene rings is 2. The molecule has 0 bridgehead atoms. The summed E-state index contributed by atoms with van der Waals surface area (Å²) in [5.41, 5.74) is 1.10. The molecule has 1 saturated carbocycles. The number of halogens is 1. The molecule has 4 heteroatoms. The van der Waals surface area contributed by atoms with Crippen molar-refractivity contribution in [3.63, 3.8) is 0 Å². The molecule has 110 valence electrons. The zero-order chi connectivity index (χ0) is 14.7. The number of hydrogen-bond donors (Lipinski definition) is 1. The molecule has 0 spiro atoms. The van der Waals surface area contributed by atoms with Crippen LogP contribution in [0.1, 0.15) is 18.4 Å². The number of ether oxygens (including phenoxy) is 2. The van der Waals surface area contributed by atoms with Gasteiger partial charge in [0.1, 0.15) is 17.2 Å². The number of hydrogen-bond acceptors (Lipinski definition) is 3. The van der Waals surface area contributed by atoms with Gasteiger partial charge < -0.3 is 14.8 Å². The molecular formula is C17H18ClNO2. The Hall–Kier alpha value is -1.71. The lowest BCUT2D eigenvalue weighted by Gasteiger charge is -2.10. The van der Waals surface area contributed by atoms with Gasteiger partial charge >= 0.3 is 0 Å². The van der Waals surface area contributed by atoms with Gasteiger partial charge in [0, 0.05) is 23.7 Å². The molecule has 1 fully saturated rings. The summed E-state index contributed by atoms with van der Waals surface area (Å²) in [6.45, 7) is 0.808. The second-order valence-corrected chi connectivity index (χ2v) is 5.60. The first-order valence-electron chi connectivity index (χ1n) is 7.08. The predicted octanol–water partition coefficient (Wildman–Crippen LogP) is 4.39. The highest BCUT2D eigenvalue weighted by Gasteiger charge is 2.20. The Morgan fingerprint density at radius 3 is 2.57 bits per heavy atom. The maximum atomic E-state index is 6.31. The van der Waals surface area contributed by atoms with E-state index in [1.165, 1.54) is 12.8 Å². The number of methoxy groups -OCH3 is 1. The minimum Gasteiger partial charge on any atom is -0.497 e. The summed E-state index contributed by atoms with van der Waals surface area (Å²) in [7, 11) is 1.64. The van der Waals surface area contributed by atoms with Crippen LogP contribution < -0.4 is 14.8 Å². The van der Waals surface area contributed by atoms with Crippen molar-refractivity contribution < 1.29 is 9.47 Å². The van der Waals surface area contributed by atoms with Crippen molar-refractivity contribution in [3.05, 3.63) is 53.1 Å². The molecule has 0 unspecified atom stereocenters. The number of nitrogens with one attached hydrogen (secondary N) is 1. The van der Waals surface area contributed by atoms with Crippen LogP contribution in [0.3, 0.4) is 0 Å². The summed E-state index contributed by atoms with van der Waals surface area (Å²) >= 11 is 6.31. The Morgan fingerprint density at radius 1 is 1.10 bits per heavy atom. The first kappa shape index (κ1) is 14.2. The molecule has 0 atom stereocenters. The van der Waals surface area contributed by atoms with Crippen LogP contribution in [0.4, 0.5) is 0 Å². The maximum Gasteiger partial charge on any atom is 0.131 e. The largest absolute Gasteiger partial charge is 0.497 e. The van der Waals surface area contributed by atoms with Crippen molar-refractivity contribution in [2.24, 2.45) is 0 Å².